The van der Waals surface area contributed by atoms with E-state index in [1.165, 1.54) is 25.2 Å². The zero-order valence-electron chi connectivity index (χ0n) is 20.8. The standard InChI is InChI=1S/C29H28ClNO5/c1-29(2,3)19-12-9-17(10-13-19)25-24(26(32)18-11-14-22(30)23(15-18)36-5)27(33)28(34)31(25)20-7-6-8-21(16-20)35-4/h6-16,25,32H,1-5H3/b26-24+. The number of methoxy groups -OCH3 is 2. The Morgan fingerprint density at radius 3 is 2.25 bits per heavy atom. The Morgan fingerprint density at radius 1 is 0.944 bits per heavy atom. The molecule has 3 aromatic rings. The molecular weight excluding hydrogens is 478 g/mol. The number of amides is 1. The number of aliphatic hydroxyl groups excluding tert-OH is 1. The molecule has 0 radical (unpaired) electrons. The van der Waals surface area contributed by atoms with E-state index in [-0.39, 0.29) is 16.7 Å². The first-order chi connectivity index (χ1) is 17.1. The van der Waals surface area contributed by atoms with Gasteiger partial charge in [0.15, 0.2) is 0 Å². The number of rotatable bonds is 5. The van der Waals surface area contributed by atoms with Crippen molar-refractivity contribution in [2.45, 2.75) is 32.2 Å². The third-order valence-electron chi connectivity index (χ3n) is 6.29. The highest BCUT2D eigenvalue weighted by Gasteiger charge is 2.47. The van der Waals surface area contributed by atoms with Crippen LogP contribution in [0.4, 0.5) is 5.69 Å². The van der Waals surface area contributed by atoms with Gasteiger partial charge in [-0.05, 0) is 46.9 Å². The molecule has 6 nitrogen and oxygen atoms in total. The summed E-state index contributed by atoms with van der Waals surface area (Å²) in [6.45, 7) is 6.33. The number of anilines is 1. The van der Waals surface area contributed by atoms with Crippen molar-refractivity contribution < 1.29 is 24.2 Å². The number of ketones is 1. The molecule has 1 N–H and O–H groups in total. The first-order valence-electron chi connectivity index (χ1n) is 11.5. The van der Waals surface area contributed by atoms with Crippen LogP contribution in [0.3, 0.4) is 0 Å². The molecule has 4 rings (SSSR count). The molecule has 186 valence electrons. The van der Waals surface area contributed by atoms with Crippen molar-refractivity contribution in [1.29, 1.82) is 0 Å². The number of aliphatic hydroxyl groups is 1. The molecule has 36 heavy (non-hydrogen) atoms. The van der Waals surface area contributed by atoms with E-state index < -0.39 is 17.7 Å². The average Bonchev–Trinajstić information content (AvgIpc) is 3.13. The molecule has 0 spiro atoms. The maximum atomic E-state index is 13.4. The Morgan fingerprint density at radius 2 is 1.64 bits per heavy atom. The van der Waals surface area contributed by atoms with Gasteiger partial charge in [0.1, 0.15) is 17.3 Å². The molecule has 1 amide bonds. The van der Waals surface area contributed by atoms with Crippen molar-refractivity contribution in [3.8, 4) is 11.5 Å². The van der Waals surface area contributed by atoms with Gasteiger partial charge in [0.25, 0.3) is 11.7 Å². The third kappa shape index (κ3) is 4.56. The van der Waals surface area contributed by atoms with Crippen LogP contribution in [0.15, 0.2) is 72.3 Å². The summed E-state index contributed by atoms with van der Waals surface area (Å²) in [5, 5.41) is 11.7. The number of Topliss-reactive ketones (excluding diaryl/α,β-unsaturated/α-hetero) is 1. The summed E-state index contributed by atoms with van der Waals surface area (Å²) < 4.78 is 10.6. The van der Waals surface area contributed by atoms with E-state index in [0.29, 0.717) is 33.3 Å². The second-order valence-corrected chi connectivity index (χ2v) is 10.00. The quantitative estimate of drug-likeness (QED) is 0.251. The van der Waals surface area contributed by atoms with Crippen molar-refractivity contribution in [3.63, 3.8) is 0 Å². The highest BCUT2D eigenvalue weighted by atomic mass is 35.5. The number of nitrogens with zero attached hydrogens (tertiary/aromatic N) is 1. The Balaban J connectivity index is 1.94. The molecule has 0 aliphatic carbocycles. The van der Waals surface area contributed by atoms with Crippen molar-refractivity contribution in [2.24, 2.45) is 0 Å². The number of carbonyl (C=O) groups excluding carboxylic acids is 2. The summed E-state index contributed by atoms with van der Waals surface area (Å²) in [6.07, 6.45) is 0. The Kier molecular flexibility index (Phi) is 6.83. The molecule has 7 heteroatoms. The lowest BCUT2D eigenvalue weighted by Gasteiger charge is -2.27. The largest absolute Gasteiger partial charge is 0.507 e. The fourth-order valence-electron chi connectivity index (χ4n) is 4.30. The molecule has 1 unspecified atom stereocenters. The monoisotopic (exact) mass is 505 g/mol. The third-order valence-corrected chi connectivity index (χ3v) is 6.61. The maximum absolute atomic E-state index is 13.4. The smallest absolute Gasteiger partial charge is 0.300 e. The van der Waals surface area contributed by atoms with E-state index in [1.54, 1.807) is 36.4 Å². The molecule has 0 bridgehead atoms. The number of carbonyl (C=O) groups is 2. The molecule has 1 heterocycles. The van der Waals surface area contributed by atoms with Crippen LogP contribution in [-0.2, 0) is 15.0 Å². The maximum Gasteiger partial charge on any atom is 0.300 e. The molecule has 1 fully saturated rings. The highest BCUT2D eigenvalue weighted by Crippen LogP contribution is 2.43. The fraction of sp³-hybridized carbons (Fsp3) is 0.241. The minimum atomic E-state index is -0.854. The number of halogens is 1. The van der Waals surface area contributed by atoms with Gasteiger partial charge in [0.05, 0.1) is 30.9 Å². The number of hydrogen-bond donors (Lipinski definition) is 1. The second kappa shape index (κ2) is 9.70. The van der Waals surface area contributed by atoms with Crippen LogP contribution in [0, 0.1) is 0 Å². The summed E-state index contributed by atoms with van der Waals surface area (Å²) in [5.74, 6) is -0.948. The zero-order valence-corrected chi connectivity index (χ0v) is 21.6. The summed E-state index contributed by atoms with van der Waals surface area (Å²) in [4.78, 5) is 28.2. The molecule has 1 atom stereocenters. The number of hydrogen-bond acceptors (Lipinski definition) is 5. The van der Waals surface area contributed by atoms with Gasteiger partial charge in [0, 0.05) is 17.3 Å². The van der Waals surface area contributed by atoms with Crippen LogP contribution in [0.5, 0.6) is 11.5 Å². The summed E-state index contributed by atoms with van der Waals surface area (Å²) >= 11 is 6.16. The van der Waals surface area contributed by atoms with Crippen molar-refractivity contribution in [3.05, 3.63) is 94.0 Å². The van der Waals surface area contributed by atoms with Crippen LogP contribution < -0.4 is 14.4 Å². The average molecular weight is 506 g/mol. The molecule has 0 aromatic heterocycles. The van der Waals surface area contributed by atoms with Gasteiger partial charge in [0.2, 0.25) is 0 Å². The van der Waals surface area contributed by atoms with Gasteiger partial charge in [-0.2, -0.15) is 0 Å². The molecule has 1 saturated heterocycles. The number of ether oxygens (including phenoxy) is 2. The van der Waals surface area contributed by atoms with Gasteiger partial charge in [-0.25, -0.2) is 0 Å². The minimum Gasteiger partial charge on any atom is -0.507 e. The predicted octanol–water partition coefficient (Wildman–Crippen LogP) is 6.28. The first kappa shape index (κ1) is 25.3. The Labute approximate surface area is 215 Å². The summed E-state index contributed by atoms with van der Waals surface area (Å²) in [6, 6.07) is 18.5. The van der Waals surface area contributed by atoms with Crippen molar-refractivity contribution >= 4 is 34.7 Å². The topological polar surface area (TPSA) is 76.1 Å². The van der Waals surface area contributed by atoms with Gasteiger partial charge < -0.3 is 14.6 Å². The van der Waals surface area contributed by atoms with E-state index in [0.717, 1.165) is 5.56 Å². The summed E-state index contributed by atoms with van der Waals surface area (Å²) in [5.41, 5.74) is 2.49. The molecule has 3 aromatic carbocycles. The van der Waals surface area contributed by atoms with Gasteiger partial charge in [-0.3, -0.25) is 14.5 Å². The first-order valence-corrected chi connectivity index (χ1v) is 11.8. The van der Waals surface area contributed by atoms with Crippen LogP contribution in [0.25, 0.3) is 5.76 Å². The van der Waals surface area contributed by atoms with Crippen molar-refractivity contribution in [2.75, 3.05) is 19.1 Å². The van der Waals surface area contributed by atoms with E-state index in [9.17, 15) is 14.7 Å². The van der Waals surface area contributed by atoms with Gasteiger partial charge >= 0.3 is 0 Å². The summed E-state index contributed by atoms with van der Waals surface area (Å²) in [7, 11) is 2.99. The molecule has 1 aliphatic rings. The predicted molar refractivity (Wildman–Crippen MR) is 141 cm³/mol. The molecular formula is C29H28ClNO5. The lowest BCUT2D eigenvalue weighted by molar-refractivity contribution is -0.132. The van der Waals surface area contributed by atoms with E-state index in [2.05, 4.69) is 20.8 Å². The molecule has 0 saturated carbocycles. The SMILES string of the molecule is COc1cccc(N2C(=O)C(=O)/C(=C(/O)c3ccc(Cl)c(OC)c3)C2c2ccc(C(C)(C)C)cc2)c1. The molecule has 1 aliphatic heterocycles. The fourth-order valence-corrected chi connectivity index (χ4v) is 4.50. The Bertz CT molecular complexity index is 1350. The normalized spacial score (nSPS) is 17.4. The van der Waals surface area contributed by atoms with Crippen molar-refractivity contribution in [1.82, 2.24) is 0 Å². The minimum absolute atomic E-state index is 0.0179. The van der Waals surface area contributed by atoms with Crippen LogP contribution >= 0.6 is 11.6 Å². The van der Waals surface area contributed by atoms with Gasteiger partial charge in [-0.15, -0.1) is 0 Å². The lowest BCUT2D eigenvalue weighted by Crippen LogP contribution is -2.29. The van der Waals surface area contributed by atoms with Crippen LogP contribution in [-0.4, -0.2) is 31.0 Å². The Hall–Kier alpha value is -3.77. The highest BCUT2D eigenvalue weighted by molar-refractivity contribution is 6.51. The lowest BCUT2D eigenvalue weighted by atomic mass is 9.85. The van der Waals surface area contributed by atoms with Gasteiger partial charge in [-0.1, -0.05) is 62.7 Å². The van der Waals surface area contributed by atoms with E-state index in [1.807, 2.05) is 24.3 Å². The zero-order chi connectivity index (χ0) is 26.2. The van der Waals surface area contributed by atoms with Crippen LogP contribution in [0.1, 0.15) is 43.5 Å². The number of benzene rings is 3. The van der Waals surface area contributed by atoms with E-state index >= 15 is 0 Å². The second-order valence-electron chi connectivity index (χ2n) is 9.59. The van der Waals surface area contributed by atoms with Crippen LogP contribution in [0.2, 0.25) is 5.02 Å². The van der Waals surface area contributed by atoms with E-state index in [4.69, 9.17) is 21.1 Å².